The number of hydrogen-bond acceptors (Lipinski definition) is 4. The fraction of sp³-hybridized carbons (Fsp3) is 0. The molecule has 0 saturated carbocycles. The Morgan fingerprint density at radius 1 is 1.50 bits per heavy atom. The molecule has 8 heavy (non-hydrogen) atoms. The monoisotopic (exact) mass is 116 g/mol. The number of nitrogens with two attached hydrogens (primary N) is 3. The second-order valence-corrected chi connectivity index (χ2v) is 1.13. The van der Waals surface area contributed by atoms with Crippen LogP contribution in [-0.4, -0.2) is 5.91 Å². The van der Waals surface area contributed by atoms with Gasteiger partial charge in [0.25, 0.3) is 5.91 Å². The number of hydrogen-bond donors (Lipinski definition) is 4. The summed E-state index contributed by atoms with van der Waals surface area (Å²) in [6.45, 7) is 0. The van der Waals surface area contributed by atoms with Crippen molar-refractivity contribution in [3.05, 3.63) is 11.9 Å². The molecule has 0 atom stereocenters. The van der Waals surface area contributed by atoms with Crippen molar-refractivity contribution in [3.63, 3.8) is 0 Å². The molecule has 0 fully saturated rings. The van der Waals surface area contributed by atoms with Gasteiger partial charge in [-0.3, -0.25) is 10.6 Å². The zero-order valence-electron chi connectivity index (χ0n) is 4.22. The van der Waals surface area contributed by atoms with Crippen LogP contribution in [0.5, 0.6) is 0 Å². The third kappa shape index (κ3) is 2.04. The summed E-state index contributed by atoms with van der Waals surface area (Å²) in [5, 5.41) is 0. The minimum Gasteiger partial charge on any atom is -0.393 e. The molecule has 0 spiro atoms. The zero-order chi connectivity index (χ0) is 6.57. The fourth-order valence-corrected chi connectivity index (χ4v) is 0.161. The highest BCUT2D eigenvalue weighted by molar-refractivity contribution is 5.90. The third-order valence-electron chi connectivity index (χ3n) is 0.523. The molecule has 0 aromatic heterocycles. The Morgan fingerprint density at radius 2 is 2.00 bits per heavy atom. The first kappa shape index (κ1) is 6.77. The quantitative estimate of drug-likeness (QED) is 0.185. The first-order chi connectivity index (χ1) is 3.68. The van der Waals surface area contributed by atoms with Crippen molar-refractivity contribution in [2.45, 2.75) is 0 Å². The lowest BCUT2D eigenvalue weighted by molar-refractivity contribution is -0.114. The molecule has 5 heteroatoms. The van der Waals surface area contributed by atoms with Gasteiger partial charge in [0.15, 0.2) is 0 Å². The van der Waals surface area contributed by atoms with E-state index >= 15 is 0 Å². The van der Waals surface area contributed by atoms with Crippen molar-refractivity contribution in [1.29, 1.82) is 0 Å². The normalized spacial score (nSPS) is 10.9. The van der Waals surface area contributed by atoms with Gasteiger partial charge in [0.2, 0.25) is 0 Å². The van der Waals surface area contributed by atoms with Crippen LogP contribution in [0.4, 0.5) is 0 Å². The van der Waals surface area contributed by atoms with Gasteiger partial charge < -0.3 is 16.9 Å². The lowest BCUT2D eigenvalue weighted by Gasteiger charge is -1.91. The predicted molar refractivity (Wildman–Crippen MR) is 28.8 cm³/mol. The molecule has 1 amide bonds. The number of carbonyl (C=O) groups excluding carboxylic acids is 1. The molecule has 0 heterocycles. The topological polar surface area (TPSA) is 107 Å². The van der Waals surface area contributed by atoms with Gasteiger partial charge >= 0.3 is 0 Å². The second-order valence-electron chi connectivity index (χ2n) is 1.13. The van der Waals surface area contributed by atoms with Gasteiger partial charge in [0, 0.05) is 6.20 Å². The van der Waals surface area contributed by atoms with Crippen LogP contribution in [0.3, 0.4) is 0 Å². The summed E-state index contributed by atoms with van der Waals surface area (Å²) in [5.41, 5.74) is 11.6. The van der Waals surface area contributed by atoms with Gasteiger partial charge in [-0.2, -0.15) is 0 Å². The van der Waals surface area contributed by atoms with Crippen LogP contribution in [0.1, 0.15) is 0 Å². The molecule has 5 nitrogen and oxygen atoms in total. The average Bonchev–Trinajstić information content (AvgIpc) is 1.67. The summed E-state index contributed by atoms with van der Waals surface area (Å²) in [7, 11) is 0. The van der Waals surface area contributed by atoms with E-state index < -0.39 is 5.91 Å². The summed E-state index contributed by atoms with van der Waals surface area (Å²) < 4.78 is 0. The molecule has 0 aromatic carbocycles. The average molecular weight is 116 g/mol. The van der Waals surface area contributed by atoms with E-state index in [-0.39, 0.29) is 5.70 Å². The van der Waals surface area contributed by atoms with Gasteiger partial charge in [0.05, 0.1) is 0 Å². The Labute approximate surface area is 46.5 Å². The summed E-state index contributed by atoms with van der Waals surface area (Å²) in [4.78, 5) is 10.0. The van der Waals surface area contributed by atoms with Crippen LogP contribution in [0.25, 0.3) is 0 Å². The minimum atomic E-state index is -0.692. The van der Waals surface area contributed by atoms with Crippen molar-refractivity contribution < 1.29 is 4.79 Å². The van der Waals surface area contributed by atoms with Crippen LogP contribution < -0.4 is 22.7 Å². The molecule has 0 unspecified atom stereocenters. The molecular formula is C3H8N4O. The molecule has 0 aromatic rings. The van der Waals surface area contributed by atoms with Crippen LogP contribution in [0, 0.1) is 0 Å². The smallest absolute Gasteiger partial charge is 0.266 e. The Bertz CT molecular complexity index is 118. The molecule has 0 aliphatic rings. The van der Waals surface area contributed by atoms with Gasteiger partial charge in [-0.05, 0) is 0 Å². The summed E-state index contributed by atoms with van der Waals surface area (Å²) in [5.74, 6) is 4.06. The van der Waals surface area contributed by atoms with Crippen molar-refractivity contribution in [2.24, 2.45) is 17.3 Å². The molecular weight excluding hydrogens is 108 g/mol. The highest BCUT2D eigenvalue weighted by atomic mass is 16.1. The first-order valence-electron chi connectivity index (χ1n) is 1.90. The maximum absolute atomic E-state index is 10.0. The minimum absolute atomic E-state index is 0.0903. The standard InChI is InChI=1S/C3H8N4O/c4-2(1-7-6)3(5)8/h1,7H,4,6H2,(H2,5,8)/b2-1-. The number of hydrazine groups is 1. The van der Waals surface area contributed by atoms with Crippen molar-refractivity contribution >= 4 is 5.91 Å². The predicted octanol–water partition coefficient (Wildman–Crippen LogP) is -2.26. The highest BCUT2D eigenvalue weighted by Crippen LogP contribution is 1.72. The first-order valence-corrected chi connectivity index (χ1v) is 1.90. The number of primary amides is 1. The van der Waals surface area contributed by atoms with Crippen molar-refractivity contribution in [3.8, 4) is 0 Å². The second kappa shape index (κ2) is 2.86. The third-order valence-corrected chi connectivity index (χ3v) is 0.523. The van der Waals surface area contributed by atoms with Gasteiger partial charge in [-0.25, -0.2) is 0 Å². The Morgan fingerprint density at radius 3 is 2.12 bits per heavy atom. The highest BCUT2D eigenvalue weighted by Gasteiger charge is 1.93. The molecule has 0 saturated heterocycles. The fourth-order valence-electron chi connectivity index (χ4n) is 0.161. The maximum atomic E-state index is 10.0. The summed E-state index contributed by atoms with van der Waals surface area (Å²) in [6, 6.07) is 0. The van der Waals surface area contributed by atoms with E-state index in [4.69, 9.17) is 17.3 Å². The van der Waals surface area contributed by atoms with E-state index in [9.17, 15) is 4.79 Å². The SMILES string of the molecule is NN/C=C(\N)C(N)=O. The molecule has 7 N–H and O–H groups in total. The number of amides is 1. The van der Waals surface area contributed by atoms with Crippen molar-refractivity contribution in [2.75, 3.05) is 0 Å². The Hall–Kier alpha value is -1.23. The number of rotatable bonds is 2. The molecule has 0 aliphatic heterocycles. The zero-order valence-corrected chi connectivity index (χ0v) is 4.22. The van der Waals surface area contributed by atoms with E-state index in [1.807, 2.05) is 0 Å². The lowest BCUT2D eigenvalue weighted by atomic mass is 10.5. The number of nitrogens with one attached hydrogen (secondary N) is 1. The van der Waals surface area contributed by atoms with Crippen LogP contribution in [0.2, 0.25) is 0 Å². The van der Waals surface area contributed by atoms with E-state index in [0.29, 0.717) is 0 Å². The van der Waals surface area contributed by atoms with Crippen LogP contribution in [-0.2, 0) is 4.79 Å². The van der Waals surface area contributed by atoms with Crippen LogP contribution in [0.15, 0.2) is 11.9 Å². The molecule has 0 rings (SSSR count). The van der Waals surface area contributed by atoms with E-state index in [0.717, 1.165) is 6.20 Å². The summed E-state index contributed by atoms with van der Waals surface area (Å²) in [6.07, 6.45) is 1.11. The Balaban J connectivity index is 3.80. The van der Waals surface area contributed by atoms with Crippen molar-refractivity contribution in [1.82, 2.24) is 5.43 Å². The van der Waals surface area contributed by atoms with E-state index in [2.05, 4.69) is 5.43 Å². The van der Waals surface area contributed by atoms with Gasteiger partial charge in [-0.15, -0.1) is 0 Å². The Kier molecular flexibility index (Phi) is 2.42. The van der Waals surface area contributed by atoms with Crippen LogP contribution >= 0.6 is 0 Å². The van der Waals surface area contributed by atoms with E-state index in [1.165, 1.54) is 0 Å². The van der Waals surface area contributed by atoms with E-state index in [1.54, 1.807) is 0 Å². The van der Waals surface area contributed by atoms with Gasteiger partial charge in [0.1, 0.15) is 5.70 Å². The number of carbonyl (C=O) groups is 1. The molecule has 0 bridgehead atoms. The molecule has 0 aliphatic carbocycles. The largest absolute Gasteiger partial charge is 0.393 e. The van der Waals surface area contributed by atoms with Gasteiger partial charge in [-0.1, -0.05) is 0 Å². The lowest BCUT2D eigenvalue weighted by Crippen LogP contribution is -2.25. The summed E-state index contributed by atoms with van der Waals surface area (Å²) >= 11 is 0. The maximum Gasteiger partial charge on any atom is 0.266 e. The molecule has 0 radical (unpaired) electrons. The molecule has 46 valence electrons.